The molecule has 24 heavy (non-hydrogen) atoms. The van der Waals surface area contributed by atoms with Crippen LogP contribution in [0.15, 0.2) is 42.5 Å². The molecule has 2 aromatic carbocycles. The zero-order valence-electron chi connectivity index (χ0n) is 14.2. The van der Waals surface area contributed by atoms with Crippen molar-refractivity contribution in [3.8, 4) is 17.2 Å². The standard InChI is InChI=1S/C19H24N2O3/c1-23-16-8-7-15(18(22)13-16)14-20-9-11-21(12-10-20)17-5-3-4-6-19(17)24-2/h3-8,13,22H,9-12,14H2,1-2H3. The van der Waals surface area contributed by atoms with Crippen LogP contribution in [-0.4, -0.2) is 50.4 Å². The summed E-state index contributed by atoms with van der Waals surface area (Å²) in [5.41, 5.74) is 2.08. The number of methoxy groups -OCH3 is 2. The van der Waals surface area contributed by atoms with Gasteiger partial charge in [0.25, 0.3) is 0 Å². The van der Waals surface area contributed by atoms with Gasteiger partial charge in [0.1, 0.15) is 17.2 Å². The van der Waals surface area contributed by atoms with Crippen LogP contribution in [0.5, 0.6) is 17.2 Å². The van der Waals surface area contributed by atoms with Crippen molar-refractivity contribution in [1.29, 1.82) is 0 Å². The quantitative estimate of drug-likeness (QED) is 0.914. The normalized spacial score (nSPS) is 15.3. The van der Waals surface area contributed by atoms with Crippen molar-refractivity contribution in [1.82, 2.24) is 4.90 Å². The van der Waals surface area contributed by atoms with E-state index in [9.17, 15) is 5.11 Å². The van der Waals surface area contributed by atoms with Crippen LogP contribution < -0.4 is 14.4 Å². The second-order valence-electron chi connectivity index (χ2n) is 5.93. The zero-order valence-corrected chi connectivity index (χ0v) is 14.2. The van der Waals surface area contributed by atoms with E-state index in [0.29, 0.717) is 11.5 Å². The van der Waals surface area contributed by atoms with Gasteiger partial charge in [-0.25, -0.2) is 0 Å². The third-order valence-corrected chi connectivity index (χ3v) is 4.48. The van der Waals surface area contributed by atoms with Gasteiger partial charge in [0.05, 0.1) is 19.9 Å². The van der Waals surface area contributed by atoms with Crippen LogP contribution in [0.2, 0.25) is 0 Å². The Hall–Kier alpha value is -2.40. The summed E-state index contributed by atoms with van der Waals surface area (Å²) >= 11 is 0. The molecule has 1 aliphatic heterocycles. The molecule has 1 aliphatic rings. The molecular weight excluding hydrogens is 304 g/mol. The van der Waals surface area contributed by atoms with Crippen molar-refractivity contribution in [3.05, 3.63) is 48.0 Å². The lowest BCUT2D eigenvalue weighted by Crippen LogP contribution is -2.46. The Morgan fingerprint density at radius 3 is 2.38 bits per heavy atom. The number of rotatable bonds is 5. The minimum Gasteiger partial charge on any atom is -0.507 e. The number of anilines is 1. The molecule has 3 rings (SSSR count). The Morgan fingerprint density at radius 1 is 0.958 bits per heavy atom. The molecule has 5 heteroatoms. The molecule has 0 amide bonds. The maximum Gasteiger partial charge on any atom is 0.142 e. The summed E-state index contributed by atoms with van der Waals surface area (Å²) in [7, 11) is 3.31. The molecule has 128 valence electrons. The van der Waals surface area contributed by atoms with Gasteiger partial charge in [0, 0.05) is 44.4 Å². The van der Waals surface area contributed by atoms with E-state index < -0.39 is 0 Å². The van der Waals surface area contributed by atoms with Gasteiger partial charge in [-0.1, -0.05) is 18.2 Å². The second kappa shape index (κ2) is 7.45. The van der Waals surface area contributed by atoms with Crippen molar-refractivity contribution < 1.29 is 14.6 Å². The minimum atomic E-state index is 0.293. The first kappa shape index (κ1) is 16.5. The number of hydrogen-bond acceptors (Lipinski definition) is 5. The summed E-state index contributed by atoms with van der Waals surface area (Å²) in [5.74, 6) is 1.89. The number of ether oxygens (including phenoxy) is 2. The van der Waals surface area contributed by atoms with E-state index in [1.165, 1.54) is 0 Å². The average molecular weight is 328 g/mol. The number of phenolic OH excluding ortho intramolecular Hbond substituents is 1. The number of hydrogen-bond donors (Lipinski definition) is 1. The summed E-state index contributed by atoms with van der Waals surface area (Å²) in [6.07, 6.45) is 0. The highest BCUT2D eigenvalue weighted by Gasteiger charge is 2.20. The highest BCUT2D eigenvalue weighted by molar-refractivity contribution is 5.58. The Bertz CT molecular complexity index is 682. The summed E-state index contributed by atoms with van der Waals surface area (Å²) in [6.45, 7) is 4.53. The Labute approximate surface area is 143 Å². The number of para-hydroxylation sites is 2. The molecule has 0 saturated carbocycles. The molecular formula is C19H24N2O3. The van der Waals surface area contributed by atoms with Crippen LogP contribution in [0.3, 0.4) is 0 Å². The molecule has 2 aromatic rings. The maximum atomic E-state index is 10.1. The van der Waals surface area contributed by atoms with Crippen LogP contribution >= 0.6 is 0 Å². The lowest BCUT2D eigenvalue weighted by molar-refractivity contribution is 0.246. The largest absolute Gasteiger partial charge is 0.507 e. The van der Waals surface area contributed by atoms with E-state index in [2.05, 4.69) is 15.9 Å². The van der Waals surface area contributed by atoms with Crippen LogP contribution in [0, 0.1) is 0 Å². The summed E-state index contributed by atoms with van der Waals surface area (Å²) < 4.78 is 10.6. The fourth-order valence-electron chi connectivity index (χ4n) is 3.08. The Morgan fingerprint density at radius 2 is 1.71 bits per heavy atom. The topological polar surface area (TPSA) is 45.2 Å². The Kier molecular flexibility index (Phi) is 5.11. The van der Waals surface area contributed by atoms with Gasteiger partial charge in [-0.3, -0.25) is 4.90 Å². The van der Waals surface area contributed by atoms with E-state index in [4.69, 9.17) is 9.47 Å². The lowest BCUT2D eigenvalue weighted by Gasteiger charge is -2.36. The van der Waals surface area contributed by atoms with E-state index >= 15 is 0 Å². The maximum absolute atomic E-state index is 10.1. The Balaban J connectivity index is 1.61. The molecule has 0 spiro atoms. The molecule has 1 heterocycles. The highest BCUT2D eigenvalue weighted by Crippen LogP contribution is 2.29. The number of piperazine rings is 1. The van der Waals surface area contributed by atoms with Crippen LogP contribution in [0.1, 0.15) is 5.56 Å². The predicted molar refractivity (Wildman–Crippen MR) is 95.1 cm³/mol. The first-order valence-corrected chi connectivity index (χ1v) is 8.17. The van der Waals surface area contributed by atoms with Crippen molar-refractivity contribution >= 4 is 5.69 Å². The van der Waals surface area contributed by atoms with Gasteiger partial charge in [-0.2, -0.15) is 0 Å². The lowest BCUT2D eigenvalue weighted by atomic mass is 10.1. The first-order valence-electron chi connectivity index (χ1n) is 8.17. The predicted octanol–water partition coefficient (Wildman–Crippen LogP) is 2.73. The fourth-order valence-corrected chi connectivity index (χ4v) is 3.08. The molecule has 0 aromatic heterocycles. The number of aromatic hydroxyl groups is 1. The van der Waals surface area contributed by atoms with Gasteiger partial charge in [0.2, 0.25) is 0 Å². The van der Waals surface area contributed by atoms with Crippen molar-refractivity contribution in [2.24, 2.45) is 0 Å². The molecule has 1 fully saturated rings. The van der Waals surface area contributed by atoms with Crippen molar-refractivity contribution in [2.45, 2.75) is 6.54 Å². The monoisotopic (exact) mass is 328 g/mol. The minimum absolute atomic E-state index is 0.293. The molecule has 0 aliphatic carbocycles. The van der Waals surface area contributed by atoms with Crippen LogP contribution in [0.25, 0.3) is 0 Å². The van der Waals surface area contributed by atoms with Crippen molar-refractivity contribution in [3.63, 3.8) is 0 Å². The van der Waals surface area contributed by atoms with E-state index in [0.717, 1.165) is 49.7 Å². The van der Waals surface area contributed by atoms with Gasteiger partial charge in [-0.15, -0.1) is 0 Å². The summed E-state index contributed by atoms with van der Waals surface area (Å²) in [5, 5.41) is 10.1. The molecule has 1 saturated heterocycles. The van der Waals surface area contributed by atoms with E-state index in [1.54, 1.807) is 20.3 Å². The van der Waals surface area contributed by atoms with E-state index in [-0.39, 0.29) is 0 Å². The third kappa shape index (κ3) is 3.57. The van der Waals surface area contributed by atoms with Crippen LogP contribution in [-0.2, 0) is 6.54 Å². The fraction of sp³-hybridized carbons (Fsp3) is 0.368. The second-order valence-corrected chi connectivity index (χ2v) is 5.93. The molecule has 0 bridgehead atoms. The van der Waals surface area contributed by atoms with Gasteiger partial charge >= 0.3 is 0 Å². The third-order valence-electron chi connectivity index (χ3n) is 4.48. The van der Waals surface area contributed by atoms with Gasteiger partial charge < -0.3 is 19.5 Å². The number of nitrogens with zero attached hydrogens (tertiary/aromatic N) is 2. The highest BCUT2D eigenvalue weighted by atomic mass is 16.5. The SMILES string of the molecule is COc1ccc(CN2CCN(c3ccccc3OC)CC2)c(O)c1. The summed E-state index contributed by atoms with van der Waals surface area (Å²) in [6, 6.07) is 13.6. The molecule has 0 atom stereocenters. The smallest absolute Gasteiger partial charge is 0.142 e. The number of benzene rings is 2. The van der Waals surface area contributed by atoms with Gasteiger partial charge in [0.15, 0.2) is 0 Å². The van der Waals surface area contributed by atoms with Gasteiger partial charge in [-0.05, 0) is 18.2 Å². The number of phenols is 1. The molecule has 0 radical (unpaired) electrons. The molecule has 5 nitrogen and oxygen atoms in total. The average Bonchev–Trinajstić information content (AvgIpc) is 2.64. The van der Waals surface area contributed by atoms with E-state index in [1.807, 2.05) is 30.3 Å². The van der Waals surface area contributed by atoms with Crippen LogP contribution in [0.4, 0.5) is 5.69 Å². The zero-order chi connectivity index (χ0) is 16.9. The summed E-state index contributed by atoms with van der Waals surface area (Å²) in [4.78, 5) is 4.71. The van der Waals surface area contributed by atoms with Crippen molar-refractivity contribution in [2.75, 3.05) is 45.3 Å². The molecule has 1 N–H and O–H groups in total. The first-order chi connectivity index (χ1) is 11.7. The molecule has 0 unspecified atom stereocenters.